The minimum Gasteiger partial charge on any atom is -0.396 e. The number of allylic oxidation sites excluding steroid dienone is 2. The molecule has 0 spiro atoms. The Morgan fingerprint density at radius 3 is 2.21 bits per heavy atom. The molecule has 0 saturated carbocycles. The van der Waals surface area contributed by atoms with Gasteiger partial charge in [0.2, 0.25) is 0 Å². The molecule has 0 unspecified atom stereocenters. The maximum Gasteiger partial charge on any atom is 0.0471 e. The van der Waals surface area contributed by atoms with Crippen molar-refractivity contribution < 1.29 is 5.11 Å². The average Bonchev–Trinajstić information content (AvgIpc) is 2.21. The quantitative estimate of drug-likeness (QED) is 0.726. The second-order valence-electron chi connectivity index (χ2n) is 3.01. The maximum atomic E-state index is 8.52. The van der Waals surface area contributed by atoms with Crippen molar-refractivity contribution in [3.8, 4) is 0 Å². The van der Waals surface area contributed by atoms with Crippen LogP contribution in [-0.4, -0.2) is 11.7 Å². The van der Waals surface area contributed by atoms with Gasteiger partial charge in [-0.25, -0.2) is 0 Å². The molecule has 0 aliphatic carbocycles. The van der Waals surface area contributed by atoms with Crippen LogP contribution in [0.5, 0.6) is 0 Å². The number of hydrogen-bond donors (Lipinski definition) is 1. The van der Waals surface area contributed by atoms with Crippen LogP contribution < -0.4 is 0 Å². The summed E-state index contributed by atoms with van der Waals surface area (Å²) < 4.78 is 0. The molecule has 1 aromatic carbocycles. The minimum atomic E-state index is 0.240. The smallest absolute Gasteiger partial charge is 0.0471 e. The Hall–Kier alpha value is -1.34. The maximum absolute atomic E-state index is 8.52. The number of benzene rings is 1. The van der Waals surface area contributed by atoms with Crippen LogP contribution in [0.1, 0.15) is 12.5 Å². The van der Waals surface area contributed by atoms with Crippen LogP contribution in [-0.2, 0) is 6.42 Å². The highest BCUT2D eigenvalue weighted by molar-refractivity contribution is 5.14. The Morgan fingerprint density at radius 2 is 1.86 bits per heavy atom. The first-order valence-electron chi connectivity index (χ1n) is 4.63. The van der Waals surface area contributed by atoms with E-state index in [1.54, 1.807) is 6.08 Å². The molecule has 14 heavy (non-hydrogen) atoms. The zero-order valence-corrected chi connectivity index (χ0v) is 8.74. The fourth-order valence-electron chi connectivity index (χ4n) is 0.774. The van der Waals surface area contributed by atoms with Gasteiger partial charge in [0.05, 0.1) is 0 Å². The van der Waals surface area contributed by atoms with Gasteiger partial charge in [-0.15, -0.1) is 0 Å². The van der Waals surface area contributed by atoms with Gasteiger partial charge in [-0.3, -0.25) is 0 Å². The lowest BCUT2D eigenvalue weighted by atomic mass is 10.2. The van der Waals surface area contributed by atoms with Crippen molar-refractivity contribution in [3.05, 3.63) is 60.7 Å². The molecule has 1 heteroatoms. The van der Waals surface area contributed by atoms with Gasteiger partial charge in [0, 0.05) is 6.61 Å². The minimum absolute atomic E-state index is 0.240. The van der Waals surface area contributed by atoms with Crippen LogP contribution in [0.4, 0.5) is 0 Å². The monoisotopic (exact) mass is 190 g/mol. The van der Waals surface area contributed by atoms with Crippen LogP contribution >= 0.6 is 0 Å². The van der Waals surface area contributed by atoms with Crippen molar-refractivity contribution in [2.75, 3.05) is 6.61 Å². The summed E-state index contributed by atoms with van der Waals surface area (Å²) in [6, 6.07) is 9.95. The SMILES string of the molecule is C=CC(=C)C.OCCc1ccccc1. The van der Waals surface area contributed by atoms with Gasteiger partial charge < -0.3 is 5.11 Å². The van der Waals surface area contributed by atoms with E-state index < -0.39 is 0 Å². The van der Waals surface area contributed by atoms with E-state index >= 15 is 0 Å². The number of aliphatic hydroxyl groups excluding tert-OH is 1. The second kappa shape index (κ2) is 8.27. The molecular weight excluding hydrogens is 172 g/mol. The molecule has 0 radical (unpaired) electrons. The molecular formula is C13H18O. The Kier molecular flexibility index (Phi) is 7.48. The van der Waals surface area contributed by atoms with E-state index in [0.717, 1.165) is 12.0 Å². The molecule has 1 aromatic rings. The topological polar surface area (TPSA) is 20.2 Å². The van der Waals surface area contributed by atoms with Crippen LogP contribution in [0.25, 0.3) is 0 Å². The Balaban J connectivity index is 0.000000292. The van der Waals surface area contributed by atoms with E-state index in [4.69, 9.17) is 5.11 Å². The van der Waals surface area contributed by atoms with E-state index in [1.807, 2.05) is 37.3 Å². The van der Waals surface area contributed by atoms with E-state index in [1.165, 1.54) is 5.56 Å². The third kappa shape index (κ3) is 7.32. The standard InChI is InChI=1S/C8H10O.C5H8/c9-7-6-8-4-2-1-3-5-8;1-4-5(2)3/h1-5,9H,6-7H2;4H,1-2H2,3H3. The molecule has 0 fully saturated rings. The highest BCUT2D eigenvalue weighted by Gasteiger charge is 1.85. The average molecular weight is 190 g/mol. The normalized spacial score (nSPS) is 8.43. The zero-order chi connectivity index (χ0) is 10.8. The van der Waals surface area contributed by atoms with Crippen LogP contribution in [0, 0.1) is 0 Å². The Morgan fingerprint density at radius 1 is 1.36 bits per heavy atom. The van der Waals surface area contributed by atoms with Gasteiger partial charge in [-0.2, -0.15) is 0 Å². The van der Waals surface area contributed by atoms with E-state index in [0.29, 0.717) is 0 Å². The first-order valence-corrected chi connectivity index (χ1v) is 4.63. The molecule has 1 rings (SSSR count). The van der Waals surface area contributed by atoms with Crippen molar-refractivity contribution in [2.24, 2.45) is 0 Å². The number of rotatable bonds is 3. The lowest BCUT2D eigenvalue weighted by molar-refractivity contribution is 0.299. The van der Waals surface area contributed by atoms with Gasteiger partial charge in [0.1, 0.15) is 0 Å². The van der Waals surface area contributed by atoms with Gasteiger partial charge in [0.25, 0.3) is 0 Å². The first-order chi connectivity index (χ1) is 6.70. The van der Waals surface area contributed by atoms with E-state index in [9.17, 15) is 0 Å². The molecule has 0 aliphatic heterocycles. The van der Waals surface area contributed by atoms with E-state index in [2.05, 4.69) is 13.2 Å². The number of hydrogen-bond acceptors (Lipinski definition) is 1. The first kappa shape index (κ1) is 12.7. The zero-order valence-electron chi connectivity index (χ0n) is 8.74. The lowest BCUT2D eigenvalue weighted by Crippen LogP contribution is -1.88. The molecule has 76 valence electrons. The lowest BCUT2D eigenvalue weighted by Gasteiger charge is -1.93. The van der Waals surface area contributed by atoms with E-state index in [-0.39, 0.29) is 6.61 Å². The summed E-state index contributed by atoms with van der Waals surface area (Å²) in [4.78, 5) is 0. The molecule has 1 nitrogen and oxygen atoms in total. The fraction of sp³-hybridized carbons (Fsp3) is 0.231. The van der Waals surface area contributed by atoms with Crippen LogP contribution in [0.15, 0.2) is 55.1 Å². The van der Waals surface area contributed by atoms with Crippen molar-refractivity contribution in [3.63, 3.8) is 0 Å². The summed E-state index contributed by atoms with van der Waals surface area (Å²) in [6.07, 6.45) is 2.49. The summed E-state index contributed by atoms with van der Waals surface area (Å²) in [5, 5.41) is 8.52. The molecule has 0 heterocycles. The van der Waals surface area contributed by atoms with Crippen LogP contribution in [0.3, 0.4) is 0 Å². The van der Waals surface area contributed by atoms with Crippen molar-refractivity contribution in [1.29, 1.82) is 0 Å². The number of aliphatic hydroxyl groups is 1. The highest BCUT2D eigenvalue weighted by atomic mass is 16.2. The summed E-state index contributed by atoms with van der Waals surface area (Å²) in [5.41, 5.74) is 2.21. The summed E-state index contributed by atoms with van der Waals surface area (Å²) in [6.45, 7) is 9.17. The third-order valence-corrected chi connectivity index (χ3v) is 1.59. The third-order valence-electron chi connectivity index (χ3n) is 1.59. The summed E-state index contributed by atoms with van der Waals surface area (Å²) in [7, 11) is 0. The van der Waals surface area contributed by atoms with Crippen molar-refractivity contribution >= 4 is 0 Å². The van der Waals surface area contributed by atoms with Crippen molar-refractivity contribution in [1.82, 2.24) is 0 Å². The molecule has 0 aliphatic rings. The van der Waals surface area contributed by atoms with Gasteiger partial charge in [0.15, 0.2) is 0 Å². The second-order valence-corrected chi connectivity index (χ2v) is 3.01. The van der Waals surface area contributed by atoms with Crippen molar-refractivity contribution in [2.45, 2.75) is 13.3 Å². The molecule has 1 N–H and O–H groups in total. The molecule has 0 aromatic heterocycles. The molecule has 0 amide bonds. The molecule has 0 bridgehead atoms. The predicted molar refractivity (Wildman–Crippen MR) is 62.2 cm³/mol. The molecule has 0 atom stereocenters. The largest absolute Gasteiger partial charge is 0.396 e. The Bertz CT molecular complexity index is 262. The van der Waals surface area contributed by atoms with Crippen LogP contribution in [0.2, 0.25) is 0 Å². The van der Waals surface area contributed by atoms with Gasteiger partial charge >= 0.3 is 0 Å². The summed E-state index contributed by atoms with van der Waals surface area (Å²) in [5.74, 6) is 0. The molecule has 0 saturated heterocycles. The summed E-state index contributed by atoms with van der Waals surface area (Å²) >= 11 is 0. The van der Waals surface area contributed by atoms with Gasteiger partial charge in [-0.05, 0) is 18.9 Å². The Labute approximate surface area is 86.4 Å². The fourth-order valence-corrected chi connectivity index (χ4v) is 0.774. The highest BCUT2D eigenvalue weighted by Crippen LogP contribution is 1.97. The predicted octanol–water partition coefficient (Wildman–Crippen LogP) is 2.97. The van der Waals surface area contributed by atoms with Gasteiger partial charge in [-0.1, -0.05) is 55.1 Å².